The molecule has 0 aliphatic heterocycles. The highest BCUT2D eigenvalue weighted by atomic mass is 16.5. The number of carboxylic acid groups (broad SMARTS) is 2. The van der Waals surface area contributed by atoms with Gasteiger partial charge in [-0.25, -0.2) is 4.79 Å². The van der Waals surface area contributed by atoms with Crippen LogP contribution in [0.4, 0.5) is 0 Å². The molecule has 206 valence electrons. The Morgan fingerprint density at radius 1 is 0.897 bits per heavy atom. The van der Waals surface area contributed by atoms with E-state index in [2.05, 4.69) is 0 Å². The van der Waals surface area contributed by atoms with E-state index < -0.39 is 29.4 Å². The summed E-state index contributed by atoms with van der Waals surface area (Å²) in [7, 11) is 0. The summed E-state index contributed by atoms with van der Waals surface area (Å²) in [4.78, 5) is 51.1. The molecule has 0 amide bonds. The van der Waals surface area contributed by atoms with Crippen LogP contribution in [0, 0.1) is 25.7 Å². The quantitative estimate of drug-likeness (QED) is 0.351. The maximum Gasteiger partial charge on any atom is 0.331 e. The number of carboxylic acids is 2. The summed E-state index contributed by atoms with van der Waals surface area (Å²) < 4.78 is 6.38. The Hall–Kier alpha value is -4.00. The molecule has 0 saturated carbocycles. The van der Waals surface area contributed by atoms with E-state index in [-0.39, 0.29) is 29.5 Å². The van der Waals surface area contributed by atoms with Gasteiger partial charge in [0.25, 0.3) is 0 Å². The van der Waals surface area contributed by atoms with Crippen molar-refractivity contribution in [3.8, 4) is 5.75 Å². The number of aryl methyl sites for hydroxylation is 2. The Kier molecular flexibility index (Phi) is 8.64. The predicted octanol–water partition coefficient (Wildman–Crippen LogP) is 6.17. The van der Waals surface area contributed by atoms with E-state index in [1.807, 2.05) is 13.8 Å². The SMILES string of the molecule is CC1=C(C(=O)O)CC(C(=O)O)(c2cccc(C)c2C(Oc2ccc(C(=O)C(C)C)cc2C)C(=O)C(C)C)C=C1. The molecule has 1 aliphatic carbocycles. The lowest BCUT2D eigenvalue weighted by Gasteiger charge is -2.35. The monoisotopic (exact) mass is 532 g/mol. The molecule has 39 heavy (non-hydrogen) atoms. The van der Waals surface area contributed by atoms with Crippen molar-refractivity contribution in [2.45, 2.75) is 66.4 Å². The third-order valence-corrected chi connectivity index (χ3v) is 7.31. The third-order valence-electron chi connectivity index (χ3n) is 7.31. The minimum atomic E-state index is -1.71. The zero-order valence-electron chi connectivity index (χ0n) is 23.5. The van der Waals surface area contributed by atoms with Gasteiger partial charge in [0.05, 0.1) is 0 Å². The smallest absolute Gasteiger partial charge is 0.331 e. The highest BCUT2D eigenvalue weighted by molar-refractivity contribution is 5.98. The van der Waals surface area contributed by atoms with Gasteiger partial charge in [0.2, 0.25) is 0 Å². The molecule has 0 fully saturated rings. The second kappa shape index (κ2) is 11.4. The Morgan fingerprint density at radius 2 is 1.56 bits per heavy atom. The van der Waals surface area contributed by atoms with Crippen LogP contribution in [-0.2, 0) is 19.8 Å². The van der Waals surface area contributed by atoms with Crippen molar-refractivity contribution in [1.82, 2.24) is 0 Å². The molecule has 7 heteroatoms. The van der Waals surface area contributed by atoms with Crippen LogP contribution < -0.4 is 4.74 Å². The predicted molar refractivity (Wildman–Crippen MR) is 148 cm³/mol. The number of ether oxygens (including phenoxy) is 1. The molecular weight excluding hydrogens is 496 g/mol. The second-order valence-electron chi connectivity index (χ2n) is 10.8. The number of hydrogen-bond acceptors (Lipinski definition) is 5. The molecule has 1 aliphatic rings. The number of carbonyl (C=O) groups excluding carboxylic acids is 2. The van der Waals surface area contributed by atoms with Gasteiger partial charge in [-0.15, -0.1) is 0 Å². The van der Waals surface area contributed by atoms with Gasteiger partial charge < -0.3 is 14.9 Å². The summed E-state index contributed by atoms with van der Waals surface area (Å²) in [5.74, 6) is -2.89. The Morgan fingerprint density at radius 3 is 2.10 bits per heavy atom. The van der Waals surface area contributed by atoms with Crippen LogP contribution in [-0.4, -0.2) is 33.7 Å². The van der Waals surface area contributed by atoms with Gasteiger partial charge in [0.1, 0.15) is 11.2 Å². The first-order chi connectivity index (χ1) is 18.2. The fourth-order valence-electron chi connectivity index (χ4n) is 4.91. The molecule has 2 aromatic rings. The number of Topliss-reactive ketones (excluding diaryl/α,β-unsaturated/α-hetero) is 2. The average Bonchev–Trinajstić information content (AvgIpc) is 2.87. The summed E-state index contributed by atoms with van der Waals surface area (Å²) >= 11 is 0. The van der Waals surface area contributed by atoms with E-state index in [4.69, 9.17) is 4.74 Å². The number of hydrogen-bond donors (Lipinski definition) is 2. The molecule has 2 unspecified atom stereocenters. The van der Waals surface area contributed by atoms with Crippen molar-refractivity contribution in [3.63, 3.8) is 0 Å². The largest absolute Gasteiger partial charge is 0.480 e. The lowest BCUT2D eigenvalue weighted by molar-refractivity contribution is -0.142. The van der Waals surface area contributed by atoms with E-state index in [1.165, 1.54) is 12.2 Å². The fourth-order valence-corrected chi connectivity index (χ4v) is 4.91. The first kappa shape index (κ1) is 29.6. The fraction of sp³-hybridized carbons (Fsp3) is 0.375. The molecule has 0 heterocycles. The van der Waals surface area contributed by atoms with E-state index >= 15 is 0 Å². The maximum absolute atomic E-state index is 13.7. The van der Waals surface area contributed by atoms with Crippen molar-refractivity contribution < 1.29 is 34.1 Å². The Labute approximate surface area is 229 Å². The summed E-state index contributed by atoms with van der Waals surface area (Å²) in [6, 6.07) is 10.2. The normalized spacial score (nSPS) is 17.9. The molecule has 2 atom stereocenters. The molecule has 3 rings (SSSR count). The van der Waals surface area contributed by atoms with E-state index in [9.17, 15) is 29.4 Å². The number of rotatable bonds is 10. The highest BCUT2D eigenvalue weighted by Gasteiger charge is 2.46. The van der Waals surface area contributed by atoms with Crippen LogP contribution >= 0.6 is 0 Å². The third kappa shape index (κ3) is 5.72. The van der Waals surface area contributed by atoms with Gasteiger partial charge in [-0.05, 0) is 61.2 Å². The zero-order chi connectivity index (χ0) is 29.2. The van der Waals surface area contributed by atoms with Crippen LogP contribution in [0.15, 0.2) is 59.7 Å². The van der Waals surface area contributed by atoms with Gasteiger partial charge in [0, 0.05) is 35.0 Å². The van der Waals surface area contributed by atoms with Crippen LogP contribution in [0.2, 0.25) is 0 Å². The first-order valence-electron chi connectivity index (χ1n) is 13.0. The van der Waals surface area contributed by atoms with E-state index in [1.54, 1.807) is 71.0 Å². The number of benzene rings is 2. The average molecular weight is 533 g/mol. The molecule has 7 nitrogen and oxygen atoms in total. The molecule has 2 aromatic carbocycles. The summed E-state index contributed by atoms with van der Waals surface area (Å²) in [5, 5.41) is 20.3. The molecule has 0 spiro atoms. The molecular formula is C32H36O7. The lowest BCUT2D eigenvalue weighted by atomic mass is 9.68. The van der Waals surface area contributed by atoms with Crippen LogP contribution in [0.5, 0.6) is 5.75 Å². The first-order valence-corrected chi connectivity index (χ1v) is 13.0. The molecule has 2 N–H and O–H groups in total. The topological polar surface area (TPSA) is 118 Å². The number of ketones is 2. The van der Waals surface area contributed by atoms with Gasteiger partial charge in [-0.3, -0.25) is 14.4 Å². The van der Waals surface area contributed by atoms with Crippen LogP contribution in [0.25, 0.3) is 0 Å². The van der Waals surface area contributed by atoms with E-state index in [0.29, 0.717) is 39.1 Å². The summed E-state index contributed by atoms with van der Waals surface area (Å²) in [6.45, 7) is 12.3. The molecule has 0 saturated heterocycles. The second-order valence-corrected chi connectivity index (χ2v) is 10.8. The van der Waals surface area contributed by atoms with Gasteiger partial charge in [-0.1, -0.05) is 58.0 Å². The summed E-state index contributed by atoms with van der Waals surface area (Å²) in [5.41, 5.74) is 1.32. The maximum atomic E-state index is 13.7. The highest BCUT2D eigenvalue weighted by Crippen LogP contribution is 2.43. The molecule has 0 aromatic heterocycles. The van der Waals surface area contributed by atoms with Crippen molar-refractivity contribution >= 4 is 23.5 Å². The van der Waals surface area contributed by atoms with Crippen LogP contribution in [0.3, 0.4) is 0 Å². The Bertz CT molecular complexity index is 1390. The van der Waals surface area contributed by atoms with Crippen molar-refractivity contribution in [2.75, 3.05) is 0 Å². The summed E-state index contributed by atoms with van der Waals surface area (Å²) in [6.07, 6.45) is 1.59. The van der Waals surface area contributed by atoms with Gasteiger partial charge in [-0.2, -0.15) is 0 Å². The van der Waals surface area contributed by atoms with Gasteiger partial charge >= 0.3 is 11.9 Å². The minimum absolute atomic E-state index is 0.00117. The number of allylic oxidation sites excluding steroid dienone is 2. The Balaban J connectivity index is 2.22. The molecule has 0 bridgehead atoms. The van der Waals surface area contributed by atoms with Crippen LogP contribution in [0.1, 0.15) is 79.8 Å². The molecule has 0 radical (unpaired) electrons. The number of carbonyl (C=O) groups is 4. The lowest BCUT2D eigenvalue weighted by Crippen LogP contribution is -2.39. The van der Waals surface area contributed by atoms with Gasteiger partial charge in [0.15, 0.2) is 17.7 Å². The van der Waals surface area contributed by atoms with Crippen molar-refractivity contribution in [1.29, 1.82) is 0 Å². The van der Waals surface area contributed by atoms with Crippen molar-refractivity contribution in [3.05, 3.63) is 87.5 Å². The van der Waals surface area contributed by atoms with Crippen molar-refractivity contribution in [2.24, 2.45) is 11.8 Å². The minimum Gasteiger partial charge on any atom is -0.480 e. The number of aliphatic carboxylic acids is 2. The standard InChI is InChI=1S/C32H36O7/c1-17(2)27(33)22-11-12-25(21(7)15-22)39-29(28(34)18(3)4)26-20(6)9-8-10-24(26)32(31(37)38)14-13-19(5)23(16-32)30(35)36/h8-15,17-18,29H,16H2,1-7H3,(H,35,36)(H,37,38). The zero-order valence-corrected chi connectivity index (χ0v) is 23.5. The van der Waals surface area contributed by atoms with E-state index in [0.717, 1.165) is 0 Å².